The molecule has 1 aromatic heterocycles. The first-order valence-corrected chi connectivity index (χ1v) is 7.42. The third kappa shape index (κ3) is 2.67. The zero-order valence-electron chi connectivity index (χ0n) is 9.95. The molecule has 0 radical (unpaired) electrons. The highest BCUT2D eigenvalue weighted by Crippen LogP contribution is 2.25. The molecule has 0 saturated heterocycles. The molecule has 2 N–H and O–H groups in total. The zero-order chi connectivity index (χ0) is 13.2. The Morgan fingerprint density at radius 2 is 2.00 bits per heavy atom. The number of fused-ring (bicyclic) bond motifs is 1. The van der Waals surface area contributed by atoms with Gasteiger partial charge in [-0.25, -0.2) is 0 Å². The van der Waals surface area contributed by atoms with Gasteiger partial charge in [0.25, 0.3) is 0 Å². The van der Waals surface area contributed by atoms with Crippen LogP contribution in [0.25, 0.3) is 10.9 Å². The second-order valence-corrected chi connectivity index (χ2v) is 5.95. The van der Waals surface area contributed by atoms with Gasteiger partial charge < -0.3 is 5.32 Å². The van der Waals surface area contributed by atoms with Crippen molar-refractivity contribution in [2.45, 2.75) is 6.54 Å². The Morgan fingerprint density at radius 1 is 1.11 bits per heavy atom. The molecule has 0 spiro atoms. The maximum atomic E-state index is 4.06. The number of para-hydroxylation sites is 1. The molecule has 0 aliphatic rings. The van der Waals surface area contributed by atoms with Crippen LogP contribution >= 0.6 is 31.9 Å². The van der Waals surface area contributed by atoms with Crippen molar-refractivity contribution in [3.8, 4) is 0 Å². The van der Waals surface area contributed by atoms with E-state index in [-0.39, 0.29) is 0 Å². The highest BCUT2D eigenvalue weighted by atomic mass is 79.9. The van der Waals surface area contributed by atoms with E-state index in [1.165, 1.54) is 5.56 Å². The lowest BCUT2D eigenvalue weighted by atomic mass is 10.2. The largest absolute Gasteiger partial charge is 0.379 e. The fourth-order valence-corrected chi connectivity index (χ4v) is 2.64. The molecular weight excluding hydrogens is 370 g/mol. The summed E-state index contributed by atoms with van der Waals surface area (Å²) in [5.41, 5.74) is 3.32. The number of aromatic nitrogens is 2. The van der Waals surface area contributed by atoms with E-state index in [9.17, 15) is 0 Å². The first-order chi connectivity index (χ1) is 9.24. The van der Waals surface area contributed by atoms with Crippen molar-refractivity contribution in [2.24, 2.45) is 0 Å². The SMILES string of the molecule is Brc1ccc(CNc2cccc3cn[nH]c23)cc1Br. The summed E-state index contributed by atoms with van der Waals surface area (Å²) in [5, 5.41) is 11.6. The number of benzene rings is 2. The molecule has 96 valence electrons. The minimum Gasteiger partial charge on any atom is -0.379 e. The average molecular weight is 381 g/mol. The first-order valence-electron chi connectivity index (χ1n) is 5.84. The molecule has 5 heteroatoms. The van der Waals surface area contributed by atoms with Gasteiger partial charge in [-0.2, -0.15) is 5.10 Å². The molecule has 3 aromatic rings. The average Bonchev–Trinajstić information content (AvgIpc) is 2.89. The number of aromatic amines is 1. The van der Waals surface area contributed by atoms with Crippen LogP contribution in [-0.4, -0.2) is 10.2 Å². The number of rotatable bonds is 3. The highest BCUT2D eigenvalue weighted by Gasteiger charge is 2.03. The van der Waals surface area contributed by atoms with Gasteiger partial charge in [0.1, 0.15) is 0 Å². The minimum atomic E-state index is 0.768. The molecule has 0 aliphatic carbocycles. The van der Waals surface area contributed by atoms with Gasteiger partial charge in [-0.15, -0.1) is 0 Å². The van der Waals surface area contributed by atoms with Crippen molar-refractivity contribution < 1.29 is 0 Å². The third-order valence-electron chi connectivity index (χ3n) is 2.94. The number of nitrogens with one attached hydrogen (secondary N) is 2. The molecule has 0 amide bonds. The van der Waals surface area contributed by atoms with Gasteiger partial charge in [-0.1, -0.05) is 18.2 Å². The number of nitrogens with zero attached hydrogens (tertiary/aromatic N) is 1. The van der Waals surface area contributed by atoms with Crippen LogP contribution in [0.1, 0.15) is 5.56 Å². The number of hydrogen-bond donors (Lipinski definition) is 2. The van der Waals surface area contributed by atoms with Crippen molar-refractivity contribution in [1.29, 1.82) is 0 Å². The van der Waals surface area contributed by atoms with Crippen LogP contribution < -0.4 is 5.32 Å². The lowest BCUT2D eigenvalue weighted by Crippen LogP contribution is -2.00. The van der Waals surface area contributed by atoms with Gasteiger partial charge in [0.05, 0.1) is 17.4 Å². The summed E-state index contributed by atoms with van der Waals surface area (Å²) in [6.07, 6.45) is 1.83. The van der Waals surface area contributed by atoms with Crippen LogP contribution in [0.5, 0.6) is 0 Å². The molecule has 2 aromatic carbocycles. The lowest BCUT2D eigenvalue weighted by Gasteiger charge is -2.08. The van der Waals surface area contributed by atoms with Gasteiger partial charge in [0.15, 0.2) is 0 Å². The smallest absolute Gasteiger partial charge is 0.0881 e. The molecule has 0 bridgehead atoms. The summed E-state index contributed by atoms with van der Waals surface area (Å²) in [6.45, 7) is 0.768. The van der Waals surface area contributed by atoms with Crippen LogP contribution in [0.2, 0.25) is 0 Å². The quantitative estimate of drug-likeness (QED) is 0.691. The molecular formula is C14H11Br2N3. The maximum absolute atomic E-state index is 4.06. The third-order valence-corrected chi connectivity index (χ3v) is 4.82. The summed E-state index contributed by atoms with van der Waals surface area (Å²) in [7, 11) is 0. The Balaban J connectivity index is 1.82. The van der Waals surface area contributed by atoms with Crippen LogP contribution in [-0.2, 0) is 6.54 Å². The Labute approximate surface area is 127 Å². The molecule has 0 atom stereocenters. The molecule has 0 unspecified atom stereocenters. The van der Waals surface area contributed by atoms with Gasteiger partial charge >= 0.3 is 0 Å². The van der Waals surface area contributed by atoms with E-state index in [4.69, 9.17) is 0 Å². The van der Waals surface area contributed by atoms with E-state index in [2.05, 4.69) is 65.6 Å². The topological polar surface area (TPSA) is 40.7 Å². The Bertz CT molecular complexity index is 722. The highest BCUT2D eigenvalue weighted by molar-refractivity contribution is 9.13. The number of anilines is 1. The second-order valence-electron chi connectivity index (χ2n) is 4.24. The first kappa shape index (κ1) is 12.7. The van der Waals surface area contributed by atoms with Crippen molar-refractivity contribution >= 4 is 48.5 Å². The molecule has 3 rings (SSSR count). The molecule has 0 fully saturated rings. The van der Waals surface area contributed by atoms with E-state index in [0.717, 1.165) is 32.1 Å². The predicted molar refractivity (Wildman–Crippen MR) is 85.3 cm³/mol. The second kappa shape index (κ2) is 5.35. The number of hydrogen-bond acceptors (Lipinski definition) is 2. The van der Waals surface area contributed by atoms with Gasteiger partial charge in [0.2, 0.25) is 0 Å². The van der Waals surface area contributed by atoms with Crippen molar-refractivity contribution in [3.05, 3.63) is 57.1 Å². The van der Waals surface area contributed by atoms with Crippen molar-refractivity contribution in [1.82, 2.24) is 10.2 Å². The monoisotopic (exact) mass is 379 g/mol. The zero-order valence-corrected chi connectivity index (χ0v) is 13.1. The van der Waals surface area contributed by atoms with E-state index in [1.807, 2.05) is 24.4 Å². The van der Waals surface area contributed by atoms with Gasteiger partial charge in [0, 0.05) is 20.9 Å². The Kier molecular flexibility index (Phi) is 3.57. The summed E-state index contributed by atoms with van der Waals surface area (Å²) in [5.74, 6) is 0. The van der Waals surface area contributed by atoms with Crippen molar-refractivity contribution in [3.63, 3.8) is 0 Å². The normalized spacial score (nSPS) is 10.8. The van der Waals surface area contributed by atoms with E-state index < -0.39 is 0 Å². The van der Waals surface area contributed by atoms with Crippen molar-refractivity contribution in [2.75, 3.05) is 5.32 Å². The van der Waals surface area contributed by atoms with Crippen LogP contribution in [0.15, 0.2) is 51.5 Å². The fraction of sp³-hybridized carbons (Fsp3) is 0.0714. The summed E-state index contributed by atoms with van der Waals surface area (Å²) in [6, 6.07) is 12.4. The van der Waals surface area contributed by atoms with E-state index >= 15 is 0 Å². The summed E-state index contributed by atoms with van der Waals surface area (Å²) >= 11 is 6.99. The standard InChI is InChI=1S/C14H11Br2N3/c15-11-5-4-9(6-12(11)16)7-17-13-3-1-2-10-8-18-19-14(10)13/h1-6,8,17H,7H2,(H,18,19). The maximum Gasteiger partial charge on any atom is 0.0881 e. The van der Waals surface area contributed by atoms with E-state index in [0.29, 0.717) is 0 Å². The summed E-state index contributed by atoms with van der Waals surface area (Å²) < 4.78 is 2.12. The van der Waals surface area contributed by atoms with E-state index in [1.54, 1.807) is 0 Å². The van der Waals surface area contributed by atoms with Crippen LogP contribution in [0.3, 0.4) is 0 Å². The molecule has 0 saturated carbocycles. The fourth-order valence-electron chi connectivity index (χ4n) is 1.96. The Hall–Kier alpha value is -1.33. The summed E-state index contributed by atoms with van der Waals surface area (Å²) in [4.78, 5) is 0. The van der Waals surface area contributed by atoms with Crippen LogP contribution in [0.4, 0.5) is 5.69 Å². The van der Waals surface area contributed by atoms with Gasteiger partial charge in [-0.05, 0) is 55.6 Å². The number of H-pyrrole nitrogens is 1. The molecule has 1 heterocycles. The van der Waals surface area contributed by atoms with Gasteiger partial charge in [-0.3, -0.25) is 5.10 Å². The lowest BCUT2D eigenvalue weighted by molar-refractivity contribution is 1.11. The molecule has 0 aliphatic heterocycles. The molecule has 3 nitrogen and oxygen atoms in total. The van der Waals surface area contributed by atoms with Crippen LogP contribution in [0, 0.1) is 0 Å². The Morgan fingerprint density at radius 3 is 2.84 bits per heavy atom. The molecule has 19 heavy (non-hydrogen) atoms. The predicted octanol–water partition coefficient (Wildman–Crippen LogP) is 4.70. The minimum absolute atomic E-state index is 0.768. The number of halogens is 2.